The Kier molecular flexibility index (Phi) is 2.15. The van der Waals surface area contributed by atoms with Crippen molar-refractivity contribution in [2.45, 2.75) is 10.3 Å². The first-order valence-corrected chi connectivity index (χ1v) is 7.36. The van der Waals surface area contributed by atoms with Gasteiger partial charge in [-0.2, -0.15) is 0 Å². The van der Waals surface area contributed by atoms with Crippen molar-refractivity contribution < 1.29 is 13.5 Å². The van der Waals surface area contributed by atoms with Gasteiger partial charge in [0, 0.05) is 5.41 Å². The molecule has 0 saturated carbocycles. The normalized spacial score (nSPS) is 39.1. The van der Waals surface area contributed by atoms with Crippen molar-refractivity contribution in [1.29, 1.82) is 0 Å². The summed E-state index contributed by atoms with van der Waals surface area (Å²) in [7, 11) is -3.44. The van der Waals surface area contributed by atoms with Gasteiger partial charge in [-0.25, -0.2) is 13.4 Å². The van der Waals surface area contributed by atoms with Gasteiger partial charge in [0.2, 0.25) is 5.72 Å². The van der Waals surface area contributed by atoms with Crippen molar-refractivity contribution in [3.63, 3.8) is 0 Å². The smallest absolute Gasteiger partial charge is 0.218 e. The van der Waals surface area contributed by atoms with E-state index < -0.39 is 20.1 Å². The van der Waals surface area contributed by atoms with Crippen LogP contribution in [0.4, 0.5) is 0 Å². The highest BCUT2D eigenvalue weighted by Crippen LogP contribution is 2.49. The molecule has 0 fully saturated rings. The number of nitrogens with zero attached hydrogens (tertiary/aromatic N) is 1. The minimum absolute atomic E-state index is 0.112. The number of rotatable bonds is 1. The summed E-state index contributed by atoms with van der Waals surface area (Å²) in [5, 5.41) is 11.2. The lowest BCUT2D eigenvalue weighted by Gasteiger charge is -2.19. The largest absolute Gasteiger partial charge is 0.378 e. The lowest BCUT2D eigenvalue weighted by Crippen LogP contribution is -2.35. The molecule has 0 aromatic rings. The molecule has 2 aliphatic heterocycles. The van der Waals surface area contributed by atoms with E-state index in [9.17, 15) is 13.5 Å². The van der Waals surface area contributed by atoms with Crippen LogP contribution in [0.3, 0.4) is 0 Å². The third-order valence-corrected chi connectivity index (χ3v) is 6.46. The summed E-state index contributed by atoms with van der Waals surface area (Å²) < 4.78 is 22.1. The summed E-state index contributed by atoms with van der Waals surface area (Å²) in [5.74, 6) is 0. The van der Waals surface area contributed by atoms with E-state index in [1.165, 1.54) is 11.8 Å². The minimum Gasteiger partial charge on any atom is -0.378 e. The van der Waals surface area contributed by atoms with E-state index in [2.05, 4.69) is 4.99 Å². The molecule has 0 bridgehead atoms. The van der Waals surface area contributed by atoms with Crippen molar-refractivity contribution in [3.05, 3.63) is 10.3 Å². The van der Waals surface area contributed by atoms with Gasteiger partial charge in [-0.05, 0) is 6.26 Å². The molecule has 0 aromatic carbocycles. The summed E-state index contributed by atoms with van der Waals surface area (Å²) in [6.07, 6.45) is 1.69. The molecule has 2 rings (SSSR count). The Morgan fingerprint density at radius 2 is 2.43 bits per heavy atom. The predicted octanol–water partition coefficient (Wildman–Crippen LogP) is -0.305. The molecule has 78 valence electrons. The molecule has 2 heterocycles. The Bertz CT molecular complexity index is 441. The SMILES string of the molecule is CSC1=CS(=O)(=O)[C@H]2SC(N)=N[C@@]12O. The molecular formula is C6H8N2O3S3. The van der Waals surface area contributed by atoms with E-state index in [0.717, 1.165) is 17.2 Å². The number of hydrogen-bond acceptors (Lipinski definition) is 7. The molecule has 0 saturated heterocycles. The van der Waals surface area contributed by atoms with Crippen LogP contribution in [0.25, 0.3) is 0 Å². The van der Waals surface area contributed by atoms with Crippen LogP contribution in [0.15, 0.2) is 15.3 Å². The van der Waals surface area contributed by atoms with Crippen LogP contribution in [0.2, 0.25) is 0 Å². The number of aliphatic hydroxyl groups is 1. The van der Waals surface area contributed by atoms with E-state index in [1.54, 1.807) is 6.26 Å². The van der Waals surface area contributed by atoms with Crippen molar-refractivity contribution in [3.8, 4) is 0 Å². The first-order valence-electron chi connectivity index (χ1n) is 3.64. The summed E-state index contributed by atoms with van der Waals surface area (Å²) in [4.78, 5) is 4.10. The Morgan fingerprint density at radius 3 is 3.00 bits per heavy atom. The number of sulfone groups is 1. The Labute approximate surface area is 89.8 Å². The van der Waals surface area contributed by atoms with Crippen LogP contribution in [0.1, 0.15) is 0 Å². The maximum absolute atomic E-state index is 11.6. The van der Waals surface area contributed by atoms with E-state index in [1.807, 2.05) is 0 Å². The average molecular weight is 252 g/mol. The second-order valence-electron chi connectivity index (χ2n) is 2.90. The van der Waals surface area contributed by atoms with Crippen LogP contribution in [-0.2, 0) is 9.84 Å². The highest BCUT2D eigenvalue weighted by Gasteiger charge is 2.57. The van der Waals surface area contributed by atoms with E-state index in [-0.39, 0.29) is 5.17 Å². The summed E-state index contributed by atoms with van der Waals surface area (Å²) in [6.45, 7) is 0. The van der Waals surface area contributed by atoms with Crippen LogP contribution in [0, 0.1) is 0 Å². The number of aliphatic imine (C=N–C) groups is 1. The number of thioether (sulfide) groups is 2. The predicted molar refractivity (Wildman–Crippen MR) is 58.5 cm³/mol. The fraction of sp³-hybridized carbons (Fsp3) is 0.500. The molecule has 0 spiro atoms. The summed E-state index contributed by atoms with van der Waals surface area (Å²) in [6, 6.07) is 0. The monoisotopic (exact) mass is 252 g/mol. The third-order valence-electron chi connectivity index (χ3n) is 1.99. The molecule has 8 heteroatoms. The Morgan fingerprint density at radius 1 is 1.79 bits per heavy atom. The summed E-state index contributed by atoms with van der Waals surface area (Å²) in [5.41, 5.74) is 3.74. The first kappa shape index (κ1) is 10.3. The molecule has 0 amide bonds. The highest BCUT2D eigenvalue weighted by molar-refractivity contribution is 8.24. The van der Waals surface area contributed by atoms with Gasteiger partial charge in [-0.15, -0.1) is 11.8 Å². The molecule has 3 N–H and O–H groups in total. The van der Waals surface area contributed by atoms with Crippen molar-refractivity contribution in [2.75, 3.05) is 6.26 Å². The highest BCUT2D eigenvalue weighted by atomic mass is 32.3. The zero-order valence-electron chi connectivity index (χ0n) is 7.17. The van der Waals surface area contributed by atoms with Crippen LogP contribution in [-0.4, -0.2) is 35.3 Å². The van der Waals surface area contributed by atoms with Gasteiger partial charge >= 0.3 is 0 Å². The van der Waals surface area contributed by atoms with Gasteiger partial charge in [-0.1, -0.05) is 11.8 Å². The molecule has 0 aliphatic carbocycles. The van der Waals surface area contributed by atoms with Crippen molar-refractivity contribution in [2.24, 2.45) is 10.7 Å². The fourth-order valence-electron chi connectivity index (χ4n) is 1.40. The lowest BCUT2D eigenvalue weighted by atomic mass is 10.3. The van der Waals surface area contributed by atoms with Crippen LogP contribution < -0.4 is 5.73 Å². The van der Waals surface area contributed by atoms with Gasteiger partial charge in [-0.3, -0.25) is 0 Å². The zero-order chi connectivity index (χ0) is 10.6. The van der Waals surface area contributed by atoms with Gasteiger partial charge < -0.3 is 10.8 Å². The van der Waals surface area contributed by atoms with Crippen molar-refractivity contribution >= 4 is 38.5 Å². The van der Waals surface area contributed by atoms with Crippen LogP contribution >= 0.6 is 23.5 Å². The van der Waals surface area contributed by atoms with Crippen LogP contribution in [0.5, 0.6) is 0 Å². The Balaban J connectivity index is 2.58. The first-order chi connectivity index (χ1) is 6.40. The number of hydrogen-bond donors (Lipinski definition) is 2. The van der Waals surface area contributed by atoms with Gasteiger partial charge in [0.1, 0.15) is 0 Å². The van der Waals surface area contributed by atoms with Gasteiger partial charge in [0.15, 0.2) is 19.6 Å². The average Bonchev–Trinajstić information content (AvgIpc) is 2.46. The molecule has 5 nitrogen and oxygen atoms in total. The molecular weight excluding hydrogens is 244 g/mol. The molecule has 0 unspecified atom stereocenters. The maximum atomic E-state index is 11.6. The standard InChI is InChI=1S/C6H8N2O3S3/c1-12-3-2-14(10,11)4-6(3,9)8-5(7)13-4/h2,4,9H,1H3,(H2,7,8)/t4-,6-/m1/s1. The van der Waals surface area contributed by atoms with E-state index >= 15 is 0 Å². The molecule has 14 heavy (non-hydrogen) atoms. The molecule has 2 aliphatic rings. The fourth-order valence-corrected chi connectivity index (χ4v) is 5.79. The minimum atomic E-state index is -3.44. The number of amidine groups is 1. The second-order valence-corrected chi connectivity index (χ2v) is 7.06. The zero-order valence-corrected chi connectivity index (χ0v) is 9.62. The topological polar surface area (TPSA) is 92.8 Å². The third kappa shape index (κ3) is 1.21. The summed E-state index contributed by atoms with van der Waals surface area (Å²) >= 11 is 2.05. The van der Waals surface area contributed by atoms with E-state index in [0.29, 0.717) is 4.91 Å². The van der Waals surface area contributed by atoms with Gasteiger partial charge in [0.05, 0.1) is 4.91 Å². The maximum Gasteiger partial charge on any atom is 0.218 e. The number of nitrogens with two attached hydrogens (primary N) is 1. The molecule has 0 radical (unpaired) electrons. The number of fused-ring (bicyclic) bond motifs is 1. The van der Waals surface area contributed by atoms with E-state index in [4.69, 9.17) is 5.73 Å². The second kappa shape index (κ2) is 2.91. The lowest BCUT2D eigenvalue weighted by molar-refractivity contribution is 0.119. The molecule has 0 aromatic heterocycles. The quantitative estimate of drug-likeness (QED) is 0.665. The molecule has 2 atom stereocenters. The van der Waals surface area contributed by atoms with Crippen molar-refractivity contribution in [1.82, 2.24) is 0 Å². The van der Waals surface area contributed by atoms with Gasteiger partial charge in [0.25, 0.3) is 0 Å². The Hall–Kier alpha value is -0.180.